The Morgan fingerprint density at radius 1 is 1.20 bits per heavy atom. The molecule has 0 aliphatic heterocycles. The van der Waals surface area contributed by atoms with Crippen LogP contribution in [0.25, 0.3) is 0 Å². The molecule has 1 aromatic rings. The van der Waals surface area contributed by atoms with Crippen LogP contribution in [0.15, 0.2) is 24.3 Å². The molecule has 0 radical (unpaired) electrons. The monoisotopic (exact) mass is 278 g/mol. The lowest BCUT2D eigenvalue weighted by Crippen LogP contribution is -2.52. The van der Waals surface area contributed by atoms with E-state index in [0.717, 1.165) is 5.56 Å². The fourth-order valence-electron chi connectivity index (χ4n) is 1.78. The minimum absolute atomic E-state index is 0.170. The number of hydrogen-bond donors (Lipinski definition) is 3. The molecule has 0 aliphatic rings. The number of phenolic OH excluding ortho intramolecular Hbond substituents is 1. The molecule has 0 aromatic heterocycles. The molecular weight excluding hydrogens is 256 g/mol. The summed E-state index contributed by atoms with van der Waals surface area (Å²) < 4.78 is 0. The average molecular weight is 278 g/mol. The summed E-state index contributed by atoms with van der Waals surface area (Å²) in [5.74, 6) is -0.303. The van der Waals surface area contributed by atoms with Gasteiger partial charge in [0, 0.05) is 18.9 Å². The SMILES string of the molecule is CC(=O)N[C@@H](Cc1ccc(O)cc1)C(=O)NC(C)(C)C. The highest BCUT2D eigenvalue weighted by atomic mass is 16.3. The summed E-state index contributed by atoms with van der Waals surface area (Å²) in [6, 6.07) is 5.95. The Hall–Kier alpha value is -2.04. The Bertz CT molecular complexity index is 475. The number of amides is 2. The Morgan fingerprint density at radius 3 is 2.20 bits per heavy atom. The topological polar surface area (TPSA) is 78.4 Å². The van der Waals surface area contributed by atoms with Gasteiger partial charge in [-0.1, -0.05) is 12.1 Å². The van der Waals surface area contributed by atoms with Crippen molar-refractivity contribution >= 4 is 11.8 Å². The molecule has 0 saturated carbocycles. The van der Waals surface area contributed by atoms with Gasteiger partial charge >= 0.3 is 0 Å². The Kier molecular flexibility index (Phi) is 5.13. The molecule has 5 nitrogen and oxygen atoms in total. The molecule has 5 heteroatoms. The predicted octanol–water partition coefficient (Wildman–Crippen LogP) is 1.35. The van der Waals surface area contributed by atoms with Gasteiger partial charge in [0.25, 0.3) is 0 Å². The van der Waals surface area contributed by atoms with E-state index in [4.69, 9.17) is 0 Å². The molecule has 1 atom stereocenters. The van der Waals surface area contributed by atoms with E-state index in [1.807, 2.05) is 20.8 Å². The lowest BCUT2D eigenvalue weighted by molar-refractivity contribution is -0.129. The van der Waals surface area contributed by atoms with Gasteiger partial charge in [-0.05, 0) is 38.5 Å². The van der Waals surface area contributed by atoms with Crippen LogP contribution < -0.4 is 10.6 Å². The van der Waals surface area contributed by atoms with Gasteiger partial charge in [-0.15, -0.1) is 0 Å². The third-order valence-corrected chi connectivity index (χ3v) is 2.57. The van der Waals surface area contributed by atoms with Crippen molar-refractivity contribution in [3.8, 4) is 5.75 Å². The molecule has 2 amide bonds. The summed E-state index contributed by atoms with van der Waals surface area (Å²) >= 11 is 0. The zero-order valence-corrected chi connectivity index (χ0v) is 12.4. The molecule has 0 heterocycles. The molecule has 20 heavy (non-hydrogen) atoms. The van der Waals surface area contributed by atoms with Gasteiger partial charge in [0.05, 0.1) is 0 Å². The first-order valence-electron chi connectivity index (χ1n) is 6.54. The number of phenols is 1. The highest BCUT2D eigenvalue weighted by molar-refractivity contribution is 5.87. The summed E-state index contributed by atoms with van der Waals surface area (Å²) in [5, 5.41) is 14.8. The highest BCUT2D eigenvalue weighted by Gasteiger charge is 2.23. The second-order valence-electron chi connectivity index (χ2n) is 5.86. The van der Waals surface area contributed by atoms with E-state index in [9.17, 15) is 14.7 Å². The van der Waals surface area contributed by atoms with Crippen LogP contribution in [0.1, 0.15) is 33.3 Å². The zero-order chi connectivity index (χ0) is 15.3. The van der Waals surface area contributed by atoms with Gasteiger partial charge in [0.15, 0.2) is 0 Å². The van der Waals surface area contributed by atoms with Crippen molar-refractivity contribution in [2.75, 3.05) is 0 Å². The number of carbonyl (C=O) groups excluding carboxylic acids is 2. The first kappa shape index (κ1) is 16.0. The number of benzene rings is 1. The van der Waals surface area contributed by atoms with Crippen LogP contribution in [0.2, 0.25) is 0 Å². The minimum atomic E-state index is -0.628. The molecule has 0 saturated heterocycles. The van der Waals surface area contributed by atoms with E-state index < -0.39 is 6.04 Å². The molecular formula is C15H22N2O3. The maximum Gasteiger partial charge on any atom is 0.243 e. The van der Waals surface area contributed by atoms with Gasteiger partial charge in [0.2, 0.25) is 11.8 Å². The lowest BCUT2D eigenvalue weighted by Gasteiger charge is -2.25. The van der Waals surface area contributed by atoms with Crippen molar-refractivity contribution in [3.63, 3.8) is 0 Å². The number of hydrogen-bond acceptors (Lipinski definition) is 3. The van der Waals surface area contributed by atoms with Crippen LogP contribution in [0.4, 0.5) is 0 Å². The van der Waals surface area contributed by atoms with Crippen molar-refractivity contribution in [1.29, 1.82) is 0 Å². The maximum atomic E-state index is 12.2. The fourth-order valence-corrected chi connectivity index (χ4v) is 1.78. The predicted molar refractivity (Wildman–Crippen MR) is 77.3 cm³/mol. The average Bonchev–Trinajstić information content (AvgIpc) is 2.28. The number of aromatic hydroxyl groups is 1. The Morgan fingerprint density at radius 2 is 1.75 bits per heavy atom. The number of nitrogens with one attached hydrogen (secondary N) is 2. The lowest BCUT2D eigenvalue weighted by atomic mass is 10.0. The van der Waals surface area contributed by atoms with E-state index in [-0.39, 0.29) is 23.1 Å². The summed E-state index contributed by atoms with van der Waals surface area (Å²) in [5.41, 5.74) is 0.508. The second kappa shape index (κ2) is 6.41. The molecule has 0 unspecified atom stereocenters. The fraction of sp³-hybridized carbons (Fsp3) is 0.467. The molecule has 1 rings (SSSR count). The molecule has 1 aromatic carbocycles. The van der Waals surface area contributed by atoms with Gasteiger partial charge < -0.3 is 15.7 Å². The quantitative estimate of drug-likeness (QED) is 0.778. The number of carbonyl (C=O) groups is 2. The first-order valence-corrected chi connectivity index (χ1v) is 6.54. The normalized spacial score (nSPS) is 12.6. The van der Waals surface area contributed by atoms with Crippen LogP contribution in [0.3, 0.4) is 0 Å². The minimum Gasteiger partial charge on any atom is -0.508 e. The standard InChI is InChI=1S/C15H22N2O3/c1-10(18)16-13(14(20)17-15(2,3)4)9-11-5-7-12(19)8-6-11/h5-8,13,19H,9H2,1-4H3,(H,16,18)(H,17,20)/t13-/m0/s1. The first-order chi connectivity index (χ1) is 9.17. The summed E-state index contributed by atoms with van der Waals surface area (Å²) in [4.78, 5) is 23.4. The van der Waals surface area contributed by atoms with Crippen LogP contribution in [0.5, 0.6) is 5.75 Å². The van der Waals surface area contributed by atoms with Crippen molar-refractivity contribution < 1.29 is 14.7 Å². The molecule has 3 N–H and O–H groups in total. The van der Waals surface area contributed by atoms with Crippen LogP contribution >= 0.6 is 0 Å². The molecule has 0 bridgehead atoms. The van der Waals surface area contributed by atoms with Crippen molar-refractivity contribution in [3.05, 3.63) is 29.8 Å². The second-order valence-corrected chi connectivity index (χ2v) is 5.86. The van der Waals surface area contributed by atoms with Gasteiger partial charge in [-0.25, -0.2) is 0 Å². The zero-order valence-electron chi connectivity index (χ0n) is 12.4. The van der Waals surface area contributed by atoms with Crippen molar-refractivity contribution in [2.45, 2.75) is 45.7 Å². The van der Waals surface area contributed by atoms with E-state index in [0.29, 0.717) is 6.42 Å². The van der Waals surface area contributed by atoms with Gasteiger partial charge in [-0.3, -0.25) is 9.59 Å². The number of rotatable bonds is 4. The van der Waals surface area contributed by atoms with E-state index in [1.165, 1.54) is 6.92 Å². The van der Waals surface area contributed by atoms with Gasteiger partial charge in [0.1, 0.15) is 11.8 Å². The molecule has 0 aliphatic carbocycles. The maximum absolute atomic E-state index is 12.2. The Balaban J connectivity index is 2.81. The van der Waals surface area contributed by atoms with Gasteiger partial charge in [-0.2, -0.15) is 0 Å². The summed E-state index contributed by atoms with van der Waals surface area (Å²) in [6.07, 6.45) is 0.377. The third kappa shape index (κ3) is 5.73. The van der Waals surface area contributed by atoms with Crippen LogP contribution in [-0.2, 0) is 16.0 Å². The Labute approximate surface area is 119 Å². The molecule has 0 spiro atoms. The smallest absolute Gasteiger partial charge is 0.243 e. The van der Waals surface area contributed by atoms with Crippen LogP contribution in [0, 0.1) is 0 Å². The van der Waals surface area contributed by atoms with Crippen molar-refractivity contribution in [2.24, 2.45) is 0 Å². The van der Waals surface area contributed by atoms with Crippen LogP contribution in [-0.4, -0.2) is 28.5 Å². The van der Waals surface area contributed by atoms with E-state index in [2.05, 4.69) is 10.6 Å². The van der Waals surface area contributed by atoms with E-state index in [1.54, 1.807) is 24.3 Å². The largest absolute Gasteiger partial charge is 0.508 e. The van der Waals surface area contributed by atoms with Crippen molar-refractivity contribution in [1.82, 2.24) is 10.6 Å². The molecule has 0 fully saturated rings. The summed E-state index contributed by atoms with van der Waals surface area (Å²) in [7, 11) is 0. The molecule has 110 valence electrons. The third-order valence-electron chi connectivity index (χ3n) is 2.57. The van der Waals surface area contributed by atoms with E-state index >= 15 is 0 Å². The highest BCUT2D eigenvalue weighted by Crippen LogP contribution is 2.12. The summed E-state index contributed by atoms with van der Waals surface area (Å²) in [6.45, 7) is 7.04.